The molecule has 0 saturated carbocycles. The molecule has 2 unspecified atom stereocenters. The van der Waals surface area contributed by atoms with Crippen LogP contribution in [0.5, 0.6) is 0 Å². The van der Waals surface area contributed by atoms with Gasteiger partial charge in [0.05, 0.1) is 0 Å². The topological polar surface area (TPSA) is 44.4 Å². The van der Waals surface area contributed by atoms with Crippen LogP contribution in [0.4, 0.5) is 0 Å². The van der Waals surface area contributed by atoms with Crippen LogP contribution in [0, 0.1) is 5.92 Å². The second-order valence-electron chi connectivity index (χ2n) is 6.90. The van der Waals surface area contributed by atoms with Crippen molar-refractivity contribution in [2.45, 2.75) is 52.7 Å². The molecule has 6 heteroatoms. The Bertz CT molecular complexity index is 508. The van der Waals surface area contributed by atoms with Crippen LogP contribution in [0.3, 0.4) is 0 Å². The molecule has 1 aliphatic heterocycles. The highest BCUT2D eigenvalue weighted by molar-refractivity contribution is 5.94. The summed E-state index contributed by atoms with van der Waals surface area (Å²) in [7, 11) is 0. The zero-order valence-electron chi connectivity index (χ0n) is 15.7. The minimum absolute atomic E-state index is 0. The lowest BCUT2D eigenvalue weighted by molar-refractivity contribution is 0.0914. The molecule has 1 fully saturated rings. The van der Waals surface area contributed by atoms with Gasteiger partial charge in [0.15, 0.2) is 0 Å². The molecule has 0 aliphatic carbocycles. The molecule has 2 atom stereocenters. The summed E-state index contributed by atoms with van der Waals surface area (Å²) >= 11 is 0. The number of nitrogens with one attached hydrogen (secondary N) is 2. The maximum absolute atomic E-state index is 12.4. The van der Waals surface area contributed by atoms with Gasteiger partial charge in [-0.25, -0.2) is 0 Å². The number of piperidine rings is 1. The van der Waals surface area contributed by atoms with E-state index in [1.165, 1.54) is 5.56 Å². The molecule has 1 saturated heterocycles. The molecule has 2 rings (SSSR count). The van der Waals surface area contributed by atoms with Crippen molar-refractivity contribution in [3.8, 4) is 0 Å². The van der Waals surface area contributed by atoms with Crippen molar-refractivity contribution in [3.63, 3.8) is 0 Å². The Balaban J connectivity index is 0.00000288. The van der Waals surface area contributed by atoms with E-state index < -0.39 is 0 Å². The van der Waals surface area contributed by atoms with Crippen LogP contribution >= 0.6 is 24.8 Å². The van der Waals surface area contributed by atoms with Crippen molar-refractivity contribution in [2.24, 2.45) is 5.92 Å². The van der Waals surface area contributed by atoms with Crippen LogP contribution in [-0.4, -0.2) is 42.5 Å². The van der Waals surface area contributed by atoms with Crippen molar-refractivity contribution in [3.05, 3.63) is 35.4 Å². The molecule has 25 heavy (non-hydrogen) atoms. The zero-order chi connectivity index (χ0) is 16.8. The molecule has 0 aromatic heterocycles. The van der Waals surface area contributed by atoms with Gasteiger partial charge in [-0.15, -0.1) is 24.8 Å². The van der Waals surface area contributed by atoms with Gasteiger partial charge in [0.1, 0.15) is 0 Å². The molecule has 1 amide bonds. The highest BCUT2D eigenvalue weighted by Gasteiger charge is 2.23. The predicted octanol–water partition coefficient (Wildman–Crippen LogP) is 3.49. The maximum atomic E-state index is 12.4. The molecule has 1 aromatic carbocycles. The van der Waals surface area contributed by atoms with Crippen LogP contribution in [0.15, 0.2) is 24.3 Å². The van der Waals surface area contributed by atoms with Gasteiger partial charge in [0.2, 0.25) is 0 Å². The Morgan fingerprint density at radius 1 is 1.28 bits per heavy atom. The first-order chi connectivity index (χ1) is 11.0. The van der Waals surface area contributed by atoms with Gasteiger partial charge in [-0.3, -0.25) is 9.69 Å². The Kier molecular flexibility index (Phi) is 11.4. The Morgan fingerprint density at radius 3 is 2.44 bits per heavy atom. The first-order valence-electron chi connectivity index (χ1n) is 8.85. The summed E-state index contributed by atoms with van der Waals surface area (Å²) in [4.78, 5) is 14.8. The van der Waals surface area contributed by atoms with E-state index in [2.05, 4.69) is 55.4 Å². The van der Waals surface area contributed by atoms with Crippen LogP contribution in [0.2, 0.25) is 0 Å². The largest absolute Gasteiger partial charge is 0.349 e. The number of halogens is 2. The number of nitrogens with zero attached hydrogens (tertiary/aromatic N) is 1. The Labute approximate surface area is 164 Å². The number of hydrogen-bond acceptors (Lipinski definition) is 3. The molecule has 144 valence electrons. The Hall–Kier alpha value is -0.810. The van der Waals surface area contributed by atoms with Crippen molar-refractivity contribution in [2.75, 3.05) is 19.6 Å². The third-order valence-electron chi connectivity index (χ3n) is 4.84. The fraction of sp³-hybridized carbons (Fsp3) is 0.632. The van der Waals surface area contributed by atoms with E-state index in [4.69, 9.17) is 0 Å². The summed E-state index contributed by atoms with van der Waals surface area (Å²) in [5.41, 5.74) is 2.01. The van der Waals surface area contributed by atoms with Crippen LogP contribution in [-0.2, 0) is 6.54 Å². The van der Waals surface area contributed by atoms with Gasteiger partial charge >= 0.3 is 0 Å². The fourth-order valence-corrected chi connectivity index (χ4v) is 3.14. The van der Waals surface area contributed by atoms with E-state index in [-0.39, 0.29) is 36.8 Å². The lowest BCUT2D eigenvalue weighted by atomic mass is 9.95. The second-order valence-corrected chi connectivity index (χ2v) is 6.90. The van der Waals surface area contributed by atoms with Crippen molar-refractivity contribution in [1.82, 2.24) is 15.5 Å². The van der Waals surface area contributed by atoms with Gasteiger partial charge in [-0.2, -0.15) is 0 Å². The summed E-state index contributed by atoms with van der Waals surface area (Å²) in [5.74, 6) is 0.530. The maximum Gasteiger partial charge on any atom is 0.251 e. The second kappa shape index (κ2) is 11.7. The molecule has 1 aromatic rings. The summed E-state index contributed by atoms with van der Waals surface area (Å²) in [6.45, 7) is 12.7. The number of amides is 1. The average molecular weight is 390 g/mol. The molecule has 0 spiro atoms. The molecule has 0 bridgehead atoms. The van der Waals surface area contributed by atoms with E-state index in [0.29, 0.717) is 12.0 Å². The SMILES string of the molecule is CCN(Cc1ccc(C(=O)NC2CCNCC2C)cc1)C(C)C.Cl.Cl. The van der Waals surface area contributed by atoms with E-state index in [1.54, 1.807) is 0 Å². The van der Waals surface area contributed by atoms with Crippen LogP contribution < -0.4 is 10.6 Å². The average Bonchev–Trinajstić information content (AvgIpc) is 2.55. The number of carbonyl (C=O) groups is 1. The molecule has 2 N–H and O–H groups in total. The number of carbonyl (C=O) groups excluding carboxylic acids is 1. The first kappa shape index (κ1) is 24.2. The van der Waals surface area contributed by atoms with Crippen molar-refractivity contribution >= 4 is 30.7 Å². The van der Waals surface area contributed by atoms with Crippen molar-refractivity contribution < 1.29 is 4.79 Å². The van der Waals surface area contributed by atoms with E-state index in [9.17, 15) is 4.79 Å². The quantitative estimate of drug-likeness (QED) is 0.782. The number of rotatable bonds is 6. The monoisotopic (exact) mass is 389 g/mol. The van der Waals surface area contributed by atoms with Crippen molar-refractivity contribution in [1.29, 1.82) is 0 Å². The standard InChI is InChI=1S/C19H31N3O.2ClH/c1-5-22(14(2)3)13-16-6-8-17(9-7-16)19(23)21-18-10-11-20-12-15(18)4;;/h6-9,14-15,18,20H,5,10-13H2,1-4H3,(H,21,23);2*1H. The summed E-state index contributed by atoms with van der Waals surface area (Å²) in [6.07, 6.45) is 1.00. The molecule has 4 nitrogen and oxygen atoms in total. The van der Waals surface area contributed by atoms with Crippen LogP contribution in [0.1, 0.15) is 50.0 Å². The summed E-state index contributed by atoms with van der Waals surface area (Å²) in [6, 6.07) is 8.86. The molecule has 1 aliphatic rings. The van der Waals surface area contributed by atoms with Gasteiger partial charge in [0, 0.05) is 24.2 Å². The lowest BCUT2D eigenvalue weighted by Crippen LogP contribution is -2.48. The van der Waals surface area contributed by atoms with E-state index in [0.717, 1.165) is 38.2 Å². The third kappa shape index (κ3) is 7.14. The van der Waals surface area contributed by atoms with Crippen LogP contribution in [0.25, 0.3) is 0 Å². The minimum atomic E-state index is 0. The predicted molar refractivity (Wildman–Crippen MR) is 110 cm³/mol. The number of benzene rings is 1. The zero-order valence-corrected chi connectivity index (χ0v) is 17.4. The minimum Gasteiger partial charge on any atom is -0.349 e. The van der Waals surface area contributed by atoms with E-state index in [1.807, 2.05) is 12.1 Å². The first-order valence-corrected chi connectivity index (χ1v) is 8.85. The molecule has 0 radical (unpaired) electrons. The normalized spacial score (nSPS) is 19.9. The lowest BCUT2D eigenvalue weighted by Gasteiger charge is -2.30. The van der Waals surface area contributed by atoms with Gasteiger partial charge in [-0.1, -0.05) is 26.0 Å². The van der Waals surface area contributed by atoms with Gasteiger partial charge < -0.3 is 10.6 Å². The number of hydrogen-bond donors (Lipinski definition) is 2. The highest BCUT2D eigenvalue weighted by atomic mass is 35.5. The fourth-order valence-electron chi connectivity index (χ4n) is 3.14. The molecular weight excluding hydrogens is 357 g/mol. The molecule has 1 heterocycles. The van der Waals surface area contributed by atoms with E-state index >= 15 is 0 Å². The summed E-state index contributed by atoms with van der Waals surface area (Å²) < 4.78 is 0. The smallest absolute Gasteiger partial charge is 0.251 e. The summed E-state index contributed by atoms with van der Waals surface area (Å²) in [5, 5.41) is 6.55. The highest BCUT2D eigenvalue weighted by Crippen LogP contribution is 2.13. The Morgan fingerprint density at radius 2 is 1.92 bits per heavy atom. The van der Waals surface area contributed by atoms with Gasteiger partial charge in [-0.05, 0) is 63.5 Å². The van der Waals surface area contributed by atoms with Gasteiger partial charge in [0.25, 0.3) is 5.91 Å². The molecular formula is C19H33Cl2N3O. The third-order valence-corrected chi connectivity index (χ3v) is 4.84.